The molecular formula is C19H28N2O3S. The van der Waals surface area contributed by atoms with Gasteiger partial charge in [-0.2, -0.15) is 4.31 Å². The zero-order valence-electron chi connectivity index (χ0n) is 14.9. The minimum absolute atomic E-state index is 0.109. The zero-order chi connectivity index (χ0) is 17.9. The molecule has 0 bridgehead atoms. The Bertz CT molecular complexity index is 686. The van der Waals surface area contributed by atoms with Gasteiger partial charge in [-0.3, -0.25) is 4.79 Å². The van der Waals surface area contributed by atoms with Gasteiger partial charge in [-0.15, -0.1) is 0 Å². The number of sulfonamides is 1. The molecule has 1 aromatic carbocycles. The molecular weight excluding hydrogens is 336 g/mol. The van der Waals surface area contributed by atoms with E-state index in [0.717, 1.165) is 38.5 Å². The van der Waals surface area contributed by atoms with Crippen molar-refractivity contribution in [3.8, 4) is 0 Å². The molecule has 1 aromatic rings. The van der Waals surface area contributed by atoms with Crippen molar-refractivity contribution in [2.24, 2.45) is 5.92 Å². The molecule has 1 saturated carbocycles. The summed E-state index contributed by atoms with van der Waals surface area (Å²) in [6.07, 6.45) is 7.45. The normalized spacial score (nSPS) is 21.2. The van der Waals surface area contributed by atoms with E-state index in [1.807, 2.05) is 0 Å². The summed E-state index contributed by atoms with van der Waals surface area (Å²) in [4.78, 5) is 12.6. The number of carbonyl (C=O) groups is 1. The molecule has 1 N–H and O–H groups in total. The Morgan fingerprint density at radius 1 is 1.00 bits per heavy atom. The lowest BCUT2D eigenvalue weighted by atomic mass is 9.95. The first-order chi connectivity index (χ1) is 12.0. The SMILES string of the molecule is CC1CCN(S(=O)(=O)c2ccc(C(=O)NC3CCCCC3)cc2)CC1. The molecule has 1 heterocycles. The van der Waals surface area contributed by atoms with Crippen molar-refractivity contribution in [1.29, 1.82) is 0 Å². The van der Waals surface area contributed by atoms with E-state index in [0.29, 0.717) is 24.6 Å². The Morgan fingerprint density at radius 3 is 2.20 bits per heavy atom. The fraction of sp³-hybridized carbons (Fsp3) is 0.632. The van der Waals surface area contributed by atoms with Crippen LogP contribution in [0.4, 0.5) is 0 Å². The van der Waals surface area contributed by atoms with Gasteiger partial charge in [-0.25, -0.2) is 8.42 Å². The third-order valence-corrected chi connectivity index (χ3v) is 7.35. The first kappa shape index (κ1) is 18.4. The fourth-order valence-electron chi connectivity index (χ4n) is 3.67. The second kappa shape index (κ2) is 7.87. The maximum absolute atomic E-state index is 12.7. The van der Waals surface area contributed by atoms with Crippen molar-refractivity contribution >= 4 is 15.9 Å². The average molecular weight is 365 g/mol. The van der Waals surface area contributed by atoms with Crippen molar-refractivity contribution in [2.75, 3.05) is 13.1 Å². The number of piperidine rings is 1. The molecule has 0 unspecified atom stereocenters. The summed E-state index contributed by atoms with van der Waals surface area (Å²) in [6.45, 7) is 3.31. The minimum atomic E-state index is -3.45. The number of hydrogen-bond acceptors (Lipinski definition) is 3. The van der Waals surface area contributed by atoms with Gasteiger partial charge in [0.15, 0.2) is 0 Å². The van der Waals surface area contributed by atoms with Crippen LogP contribution in [0, 0.1) is 5.92 Å². The number of nitrogens with zero attached hydrogens (tertiary/aromatic N) is 1. The molecule has 0 radical (unpaired) electrons. The molecule has 2 fully saturated rings. The van der Waals surface area contributed by atoms with Crippen molar-refractivity contribution in [3.63, 3.8) is 0 Å². The highest BCUT2D eigenvalue weighted by atomic mass is 32.2. The molecule has 0 atom stereocenters. The number of amides is 1. The predicted octanol–water partition coefficient (Wildman–Crippen LogP) is 3.17. The van der Waals surface area contributed by atoms with E-state index in [1.165, 1.54) is 6.42 Å². The van der Waals surface area contributed by atoms with Gasteiger partial charge in [0.25, 0.3) is 5.91 Å². The summed E-state index contributed by atoms with van der Waals surface area (Å²) in [6, 6.07) is 6.61. The lowest BCUT2D eigenvalue weighted by Crippen LogP contribution is -2.38. The molecule has 6 heteroatoms. The standard InChI is InChI=1S/C19H28N2O3S/c1-15-11-13-21(14-12-15)25(23,24)18-9-7-16(8-10-18)19(22)20-17-5-3-2-4-6-17/h7-10,15,17H,2-6,11-14H2,1H3,(H,20,22). The molecule has 0 spiro atoms. The van der Waals surface area contributed by atoms with Crippen LogP contribution in [0.15, 0.2) is 29.2 Å². The second-order valence-electron chi connectivity index (χ2n) is 7.42. The molecule has 2 aliphatic rings. The van der Waals surface area contributed by atoms with E-state index in [9.17, 15) is 13.2 Å². The Kier molecular flexibility index (Phi) is 5.79. The maximum atomic E-state index is 12.7. The van der Waals surface area contributed by atoms with Crippen LogP contribution in [0.2, 0.25) is 0 Å². The summed E-state index contributed by atoms with van der Waals surface area (Å²) in [7, 11) is -3.45. The topological polar surface area (TPSA) is 66.5 Å². The lowest BCUT2D eigenvalue weighted by molar-refractivity contribution is 0.0927. The summed E-state index contributed by atoms with van der Waals surface area (Å²) in [5.41, 5.74) is 0.525. The van der Waals surface area contributed by atoms with E-state index in [4.69, 9.17) is 0 Å². The molecule has 138 valence electrons. The predicted molar refractivity (Wildman–Crippen MR) is 97.9 cm³/mol. The summed E-state index contributed by atoms with van der Waals surface area (Å²) in [5, 5.41) is 3.06. The third kappa shape index (κ3) is 4.42. The molecule has 0 aromatic heterocycles. The average Bonchev–Trinajstić information content (AvgIpc) is 2.63. The lowest BCUT2D eigenvalue weighted by Gasteiger charge is -2.29. The Morgan fingerprint density at radius 2 is 1.60 bits per heavy atom. The number of hydrogen-bond donors (Lipinski definition) is 1. The van der Waals surface area contributed by atoms with Crippen LogP contribution >= 0.6 is 0 Å². The van der Waals surface area contributed by atoms with Crippen molar-refractivity contribution in [3.05, 3.63) is 29.8 Å². The highest BCUT2D eigenvalue weighted by Gasteiger charge is 2.28. The zero-order valence-corrected chi connectivity index (χ0v) is 15.7. The number of nitrogens with one attached hydrogen (secondary N) is 1. The molecule has 1 amide bonds. The van der Waals surface area contributed by atoms with Gasteiger partial charge in [-0.1, -0.05) is 26.2 Å². The first-order valence-corrected chi connectivity index (χ1v) is 10.8. The molecule has 25 heavy (non-hydrogen) atoms. The van der Waals surface area contributed by atoms with E-state index >= 15 is 0 Å². The van der Waals surface area contributed by atoms with Crippen LogP contribution in [0.5, 0.6) is 0 Å². The molecule has 1 aliphatic heterocycles. The van der Waals surface area contributed by atoms with Gasteiger partial charge in [0, 0.05) is 24.7 Å². The van der Waals surface area contributed by atoms with E-state index in [-0.39, 0.29) is 16.8 Å². The van der Waals surface area contributed by atoms with Gasteiger partial charge in [0.1, 0.15) is 0 Å². The van der Waals surface area contributed by atoms with Crippen LogP contribution in [0.25, 0.3) is 0 Å². The van der Waals surface area contributed by atoms with E-state index < -0.39 is 10.0 Å². The summed E-state index contributed by atoms with van der Waals surface area (Å²) >= 11 is 0. The number of benzene rings is 1. The minimum Gasteiger partial charge on any atom is -0.349 e. The van der Waals surface area contributed by atoms with Crippen LogP contribution in [0.3, 0.4) is 0 Å². The number of carbonyl (C=O) groups excluding carboxylic acids is 1. The van der Waals surface area contributed by atoms with Crippen molar-refractivity contribution < 1.29 is 13.2 Å². The van der Waals surface area contributed by atoms with Gasteiger partial charge in [-0.05, 0) is 55.9 Å². The third-order valence-electron chi connectivity index (χ3n) is 5.44. The van der Waals surface area contributed by atoms with Crippen LogP contribution in [-0.2, 0) is 10.0 Å². The highest BCUT2D eigenvalue weighted by Crippen LogP contribution is 2.24. The van der Waals surface area contributed by atoms with Crippen LogP contribution in [-0.4, -0.2) is 37.8 Å². The Balaban J connectivity index is 1.65. The molecule has 5 nitrogen and oxygen atoms in total. The molecule has 3 rings (SSSR count). The summed E-state index contributed by atoms with van der Waals surface area (Å²) in [5.74, 6) is 0.472. The van der Waals surface area contributed by atoms with Gasteiger partial charge in [0.2, 0.25) is 10.0 Å². The fourth-order valence-corrected chi connectivity index (χ4v) is 5.14. The Hall–Kier alpha value is -1.40. The highest BCUT2D eigenvalue weighted by molar-refractivity contribution is 7.89. The summed E-state index contributed by atoms with van der Waals surface area (Å²) < 4.78 is 27.0. The number of rotatable bonds is 4. The smallest absolute Gasteiger partial charge is 0.251 e. The largest absolute Gasteiger partial charge is 0.349 e. The quantitative estimate of drug-likeness (QED) is 0.892. The van der Waals surface area contributed by atoms with Gasteiger partial charge in [0.05, 0.1) is 4.90 Å². The van der Waals surface area contributed by atoms with Crippen LogP contribution in [0.1, 0.15) is 62.2 Å². The maximum Gasteiger partial charge on any atom is 0.251 e. The Labute approximate surface area is 150 Å². The van der Waals surface area contributed by atoms with Crippen LogP contribution < -0.4 is 5.32 Å². The molecule has 1 saturated heterocycles. The van der Waals surface area contributed by atoms with Gasteiger partial charge < -0.3 is 5.32 Å². The van der Waals surface area contributed by atoms with Crippen molar-refractivity contribution in [1.82, 2.24) is 9.62 Å². The first-order valence-electron chi connectivity index (χ1n) is 9.38. The molecule has 1 aliphatic carbocycles. The monoisotopic (exact) mass is 364 g/mol. The second-order valence-corrected chi connectivity index (χ2v) is 9.36. The van der Waals surface area contributed by atoms with Gasteiger partial charge >= 0.3 is 0 Å². The van der Waals surface area contributed by atoms with Crippen molar-refractivity contribution in [2.45, 2.75) is 62.8 Å². The van der Waals surface area contributed by atoms with E-state index in [1.54, 1.807) is 28.6 Å². The van der Waals surface area contributed by atoms with E-state index in [2.05, 4.69) is 12.2 Å².